The number of aliphatic hydroxyl groups is 1. The Morgan fingerprint density at radius 2 is 1.71 bits per heavy atom. The van der Waals surface area contributed by atoms with Crippen LogP contribution in [0.4, 0.5) is 5.13 Å². The van der Waals surface area contributed by atoms with Crippen molar-refractivity contribution >= 4 is 44.2 Å². The van der Waals surface area contributed by atoms with Crippen molar-refractivity contribution < 1.29 is 14.7 Å². The first-order valence-corrected chi connectivity index (χ1v) is 12.0. The van der Waals surface area contributed by atoms with Crippen molar-refractivity contribution in [2.24, 2.45) is 29.1 Å². The smallest absolute Gasteiger partial charge is 0.230 e. The third-order valence-corrected chi connectivity index (χ3v) is 9.09. The van der Waals surface area contributed by atoms with E-state index < -0.39 is 0 Å². The summed E-state index contributed by atoms with van der Waals surface area (Å²) in [7, 11) is 0. The molecule has 6 nitrogen and oxygen atoms in total. The summed E-state index contributed by atoms with van der Waals surface area (Å²) in [5, 5.41) is 16.5. The number of nitrogens with one attached hydrogen (secondary N) is 2. The van der Waals surface area contributed by atoms with E-state index in [0.717, 1.165) is 55.2 Å². The average Bonchev–Trinajstić information content (AvgIpc) is 3.16. The Hall–Kier alpha value is -0.990. The van der Waals surface area contributed by atoms with Crippen LogP contribution >= 0.6 is 27.3 Å². The van der Waals surface area contributed by atoms with E-state index >= 15 is 0 Å². The summed E-state index contributed by atoms with van der Waals surface area (Å²) in [6.07, 6.45) is 9.03. The van der Waals surface area contributed by atoms with Gasteiger partial charge >= 0.3 is 0 Å². The lowest BCUT2D eigenvalue weighted by molar-refractivity contribution is -0.135. The molecule has 5 rings (SSSR count). The Morgan fingerprint density at radius 1 is 1.07 bits per heavy atom. The van der Waals surface area contributed by atoms with Crippen molar-refractivity contribution in [1.82, 2.24) is 10.3 Å². The van der Waals surface area contributed by atoms with Crippen molar-refractivity contribution in [1.29, 1.82) is 0 Å². The van der Waals surface area contributed by atoms with Crippen LogP contribution in [0.15, 0.2) is 9.98 Å². The molecule has 1 aromatic rings. The Labute approximate surface area is 177 Å². The van der Waals surface area contributed by atoms with Crippen molar-refractivity contribution in [3.8, 4) is 0 Å². The molecule has 8 heteroatoms. The zero-order valence-electron chi connectivity index (χ0n) is 15.7. The Morgan fingerprint density at radius 3 is 2.29 bits per heavy atom. The lowest BCUT2D eigenvalue weighted by Crippen LogP contribution is -2.47. The molecule has 4 atom stereocenters. The summed E-state index contributed by atoms with van der Waals surface area (Å²) in [4.78, 5) is 30.7. The number of thiazole rings is 1. The van der Waals surface area contributed by atoms with E-state index in [1.54, 1.807) is 6.20 Å². The number of nitrogens with zero attached hydrogens (tertiary/aromatic N) is 1. The normalized spacial score (nSPS) is 37.8. The lowest BCUT2D eigenvalue weighted by Gasteiger charge is -2.32. The van der Waals surface area contributed by atoms with E-state index in [2.05, 4.69) is 31.5 Å². The Balaban J connectivity index is 1.34. The van der Waals surface area contributed by atoms with Crippen LogP contribution in [0.1, 0.15) is 51.4 Å². The van der Waals surface area contributed by atoms with Gasteiger partial charge in [-0.2, -0.15) is 0 Å². The highest BCUT2D eigenvalue weighted by molar-refractivity contribution is 9.11. The number of carbonyl (C=O) groups excluding carboxylic acids is 2. The molecule has 2 bridgehead atoms. The number of anilines is 1. The maximum absolute atomic E-state index is 13.3. The van der Waals surface area contributed by atoms with Gasteiger partial charge in [-0.25, -0.2) is 4.98 Å². The summed E-state index contributed by atoms with van der Waals surface area (Å²) in [5.74, 6) is 0.199. The minimum atomic E-state index is -0.252. The quantitative estimate of drug-likeness (QED) is 0.633. The molecule has 3 N–H and O–H groups in total. The van der Waals surface area contributed by atoms with Gasteiger partial charge in [-0.05, 0) is 84.5 Å². The number of hydrogen-bond donors (Lipinski definition) is 3. The first-order valence-electron chi connectivity index (χ1n) is 10.4. The van der Waals surface area contributed by atoms with Gasteiger partial charge in [0.1, 0.15) is 0 Å². The minimum absolute atomic E-state index is 0.0421. The first kappa shape index (κ1) is 19.0. The van der Waals surface area contributed by atoms with E-state index in [1.807, 2.05) is 0 Å². The highest BCUT2D eigenvalue weighted by atomic mass is 79.9. The number of aliphatic hydroxyl groups excluding tert-OH is 1. The molecule has 1 heterocycles. The summed E-state index contributed by atoms with van der Waals surface area (Å²) >= 11 is 4.78. The molecule has 152 valence electrons. The maximum atomic E-state index is 13.3. The molecule has 4 aliphatic rings. The minimum Gasteiger partial charge on any atom is -0.393 e. The lowest BCUT2D eigenvalue weighted by atomic mass is 9.77. The second kappa shape index (κ2) is 7.06. The van der Waals surface area contributed by atoms with Crippen molar-refractivity contribution in [3.63, 3.8) is 0 Å². The molecule has 28 heavy (non-hydrogen) atoms. The molecule has 0 radical (unpaired) electrons. The molecule has 0 saturated heterocycles. The Bertz CT molecular complexity index is 787. The topological polar surface area (TPSA) is 91.3 Å². The van der Waals surface area contributed by atoms with Gasteiger partial charge in [0.2, 0.25) is 11.8 Å². The van der Waals surface area contributed by atoms with Gasteiger partial charge in [0, 0.05) is 6.04 Å². The second-order valence-electron chi connectivity index (χ2n) is 9.05. The van der Waals surface area contributed by atoms with Gasteiger partial charge in [0.25, 0.3) is 0 Å². The van der Waals surface area contributed by atoms with Crippen LogP contribution in [0.2, 0.25) is 0 Å². The molecular weight excluding hydrogens is 442 g/mol. The van der Waals surface area contributed by atoms with E-state index in [-0.39, 0.29) is 41.2 Å². The molecule has 4 aliphatic carbocycles. The van der Waals surface area contributed by atoms with Crippen LogP contribution in [0.3, 0.4) is 0 Å². The first-order chi connectivity index (χ1) is 13.5. The van der Waals surface area contributed by atoms with Crippen LogP contribution in [-0.2, 0) is 9.59 Å². The van der Waals surface area contributed by atoms with Crippen LogP contribution in [-0.4, -0.2) is 34.1 Å². The van der Waals surface area contributed by atoms with Gasteiger partial charge < -0.3 is 15.7 Å². The zero-order chi connectivity index (χ0) is 19.5. The summed E-state index contributed by atoms with van der Waals surface area (Å²) < 4.78 is 0.878. The van der Waals surface area contributed by atoms with Crippen molar-refractivity contribution in [3.05, 3.63) is 9.98 Å². The maximum Gasteiger partial charge on any atom is 0.230 e. The Kier molecular flexibility index (Phi) is 4.79. The molecular formula is C20H26BrN3O3S. The number of amides is 2. The number of hydrogen-bond acceptors (Lipinski definition) is 5. The molecule has 4 fully saturated rings. The zero-order valence-corrected chi connectivity index (χ0v) is 18.1. The number of carbonyl (C=O) groups is 2. The van der Waals surface area contributed by atoms with Crippen LogP contribution in [0.5, 0.6) is 0 Å². The van der Waals surface area contributed by atoms with E-state index in [9.17, 15) is 14.7 Å². The van der Waals surface area contributed by atoms with E-state index in [1.165, 1.54) is 11.3 Å². The number of rotatable bonds is 4. The van der Waals surface area contributed by atoms with Gasteiger partial charge in [0.05, 0.1) is 27.9 Å². The molecule has 1 aromatic heterocycles. The fourth-order valence-electron chi connectivity index (χ4n) is 6.38. The SMILES string of the molecule is O=C(NC1CCC(O)CC1)[C@H]1[C@H](C(=O)Nc2ncc(Br)s2)[C@@H]2CC[C@H]1C21CC1. The largest absolute Gasteiger partial charge is 0.393 e. The van der Waals surface area contributed by atoms with Crippen LogP contribution in [0, 0.1) is 29.1 Å². The number of aromatic nitrogens is 1. The molecule has 0 aliphatic heterocycles. The molecule has 4 saturated carbocycles. The van der Waals surface area contributed by atoms with E-state index in [0.29, 0.717) is 17.0 Å². The van der Waals surface area contributed by atoms with E-state index in [4.69, 9.17) is 0 Å². The predicted molar refractivity (Wildman–Crippen MR) is 110 cm³/mol. The highest BCUT2D eigenvalue weighted by Gasteiger charge is 2.71. The highest BCUT2D eigenvalue weighted by Crippen LogP contribution is 2.74. The van der Waals surface area contributed by atoms with Crippen LogP contribution in [0.25, 0.3) is 0 Å². The van der Waals surface area contributed by atoms with Crippen LogP contribution < -0.4 is 10.6 Å². The standard InChI is InChI=1S/C20H26BrN3O3S/c21-14-9-22-19(28-14)24-18(27)16-13-6-5-12(20(13)7-8-20)15(16)17(26)23-10-1-3-11(25)4-2-10/h9-13,15-16,25H,1-8H2,(H,23,26)(H,22,24,27)/t10?,11?,12-,13+,15-,16-/m1/s1. The fraction of sp³-hybridized carbons (Fsp3) is 0.750. The molecule has 0 unspecified atom stereocenters. The van der Waals surface area contributed by atoms with Gasteiger partial charge in [-0.3, -0.25) is 9.59 Å². The monoisotopic (exact) mass is 467 g/mol. The third-order valence-electron chi connectivity index (χ3n) is 7.70. The van der Waals surface area contributed by atoms with Gasteiger partial charge in [0.15, 0.2) is 5.13 Å². The summed E-state index contributed by atoms with van der Waals surface area (Å²) in [6, 6.07) is 0.129. The molecule has 1 spiro atoms. The van der Waals surface area contributed by atoms with Gasteiger partial charge in [-0.1, -0.05) is 11.3 Å². The molecule has 0 aromatic carbocycles. The summed E-state index contributed by atoms with van der Waals surface area (Å²) in [6.45, 7) is 0. The number of halogens is 1. The fourth-order valence-corrected chi connectivity index (χ4v) is 7.49. The van der Waals surface area contributed by atoms with Gasteiger partial charge in [-0.15, -0.1) is 0 Å². The summed E-state index contributed by atoms with van der Waals surface area (Å²) in [5.41, 5.74) is 0.232. The van der Waals surface area contributed by atoms with Crippen molar-refractivity contribution in [2.75, 3.05) is 5.32 Å². The third kappa shape index (κ3) is 3.12. The molecule has 2 amide bonds. The second-order valence-corrected chi connectivity index (χ2v) is 11.5. The average molecular weight is 468 g/mol. The van der Waals surface area contributed by atoms with Crippen molar-refractivity contribution in [2.45, 2.75) is 63.5 Å². The predicted octanol–water partition coefficient (Wildman–Crippen LogP) is 3.32.